The van der Waals surface area contributed by atoms with Crippen LogP contribution >= 0.6 is 0 Å². The lowest BCUT2D eigenvalue weighted by Gasteiger charge is -2.20. The summed E-state index contributed by atoms with van der Waals surface area (Å²) < 4.78 is 0. The first-order chi connectivity index (χ1) is 10.3. The van der Waals surface area contributed by atoms with Crippen molar-refractivity contribution < 1.29 is 4.79 Å². The van der Waals surface area contributed by atoms with Crippen molar-refractivity contribution in [3.63, 3.8) is 0 Å². The molecule has 2 aliphatic rings. The average molecular weight is 280 g/mol. The molecule has 1 heterocycles. The highest BCUT2D eigenvalue weighted by molar-refractivity contribution is 5.93. The smallest absolute Gasteiger partial charge is 0.224 e. The molecule has 0 unspecified atom stereocenters. The minimum Gasteiger partial charge on any atom is -0.325 e. The second-order valence-corrected chi connectivity index (χ2v) is 6.60. The van der Waals surface area contributed by atoms with Crippen molar-refractivity contribution in [3.05, 3.63) is 36.5 Å². The summed E-state index contributed by atoms with van der Waals surface area (Å²) in [7, 11) is 0. The number of amides is 1. The summed E-state index contributed by atoms with van der Waals surface area (Å²) >= 11 is 0. The van der Waals surface area contributed by atoms with Gasteiger partial charge in [0.1, 0.15) is 0 Å². The quantitative estimate of drug-likeness (QED) is 0.923. The third-order valence-corrected chi connectivity index (χ3v) is 5.21. The first-order valence-corrected chi connectivity index (χ1v) is 7.92. The number of carbonyl (C=O) groups excluding carboxylic acids is 1. The third kappa shape index (κ3) is 2.53. The predicted octanol–water partition coefficient (Wildman–Crippen LogP) is 4.00. The number of nitrogens with one attached hydrogen (secondary N) is 1. The van der Waals surface area contributed by atoms with E-state index in [2.05, 4.69) is 10.3 Å². The Morgan fingerprint density at radius 2 is 2.14 bits per heavy atom. The summed E-state index contributed by atoms with van der Waals surface area (Å²) in [4.78, 5) is 16.6. The number of para-hydroxylation sites is 1. The van der Waals surface area contributed by atoms with Crippen LogP contribution in [0.5, 0.6) is 0 Å². The van der Waals surface area contributed by atoms with Crippen molar-refractivity contribution in [1.82, 2.24) is 4.98 Å². The number of hydrogen-bond donors (Lipinski definition) is 1. The van der Waals surface area contributed by atoms with E-state index in [0.717, 1.165) is 28.4 Å². The van der Waals surface area contributed by atoms with Crippen molar-refractivity contribution in [1.29, 1.82) is 0 Å². The number of rotatable bonds is 3. The zero-order valence-electron chi connectivity index (χ0n) is 12.1. The molecule has 0 radical (unpaired) electrons. The summed E-state index contributed by atoms with van der Waals surface area (Å²) in [5.41, 5.74) is 1.77. The predicted molar refractivity (Wildman–Crippen MR) is 83.9 cm³/mol. The van der Waals surface area contributed by atoms with E-state index in [1.165, 1.54) is 25.7 Å². The van der Waals surface area contributed by atoms with Crippen LogP contribution in [0.2, 0.25) is 0 Å². The van der Waals surface area contributed by atoms with Gasteiger partial charge in [0.2, 0.25) is 5.91 Å². The van der Waals surface area contributed by atoms with Crippen molar-refractivity contribution in [2.45, 2.75) is 32.1 Å². The number of fused-ring (bicyclic) bond motifs is 3. The SMILES string of the molecule is O=C(C[C@@H]1C[C@H]2CC[C@H]1C2)Nc1cnc2ccccc2c1. The third-order valence-electron chi connectivity index (χ3n) is 5.21. The van der Waals surface area contributed by atoms with Crippen LogP contribution in [0.15, 0.2) is 36.5 Å². The van der Waals surface area contributed by atoms with Gasteiger partial charge in [0.25, 0.3) is 0 Å². The van der Waals surface area contributed by atoms with Crippen molar-refractivity contribution in [2.75, 3.05) is 5.32 Å². The Labute approximate surface area is 124 Å². The molecule has 2 aliphatic carbocycles. The average Bonchev–Trinajstić information content (AvgIpc) is 3.09. The second kappa shape index (κ2) is 5.14. The lowest BCUT2D eigenvalue weighted by molar-refractivity contribution is -0.117. The Morgan fingerprint density at radius 3 is 2.95 bits per heavy atom. The highest BCUT2D eigenvalue weighted by Gasteiger charge is 2.40. The molecule has 2 bridgehead atoms. The van der Waals surface area contributed by atoms with E-state index in [0.29, 0.717) is 12.3 Å². The molecule has 1 amide bonds. The molecular formula is C18H20N2O. The van der Waals surface area contributed by atoms with Crippen LogP contribution in [-0.2, 0) is 4.79 Å². The molecule has 1 N–H and O–H groups in total. The maximum absolute atomic E-state index is 12.2. The van der Waals surface area contributed by atoms with E-state index in [4.69, 9.17) is 0 Å². The van der Waals surface area contributed by atoms with Crippen LogP contribution in [0.1, 0.15) is 32.1 Å². The van der Waals surface area contributed by atoms with Crippen molar-refractivity contribution in [2.24, 2.45) is 17.8 Å². The van der Waals surface area contributed by atoms with E-state index in [1.54, 1.807) is 6.20 Å². The molecule has 1 aromatic carbocycles. The lowest BCUT2D eigenvalue weighted by Crippen LogP contribution is -2.20. The highest BCUT2D eigenvalue weighted by Crippen LogP contribution is 2.49. The van der Waals surface area contributed by atoms with Crippen LogP contribution in [0.3, 0.4) is 0 Å². The molecular weight excluding hydrogens is 260 g/mol. The fourth-order valence-corrected chi connectivity index (χ4v) is 4.22. The van der Waals surface area contributed by atoms with E-state index in [1.807, 2.05) is 30.3 Å². The van der Waals surface area contributed by atoms with Gasteiger partial charge in [0.15, 0.2) is 0 Å². The zero-order valence-corrected chi connectivity index (χ0v) is 12.1. The first-order valence-electron chi connectivity index (χ1n) is 7.92. The van der Waals surface area contributed by atoms with Crippen LogP contribution in [-0.4, -0.2) is 10.9 Å². The number of carbonyl (C=O) groups is 1. The lowest BCUT2D eigenvalue weighted by atomic mass is 9.86. The molecule has 0 saturated heterocycles. The van der Waals surface area contributed by atoms with Gasteiger partial charge in [0, 0.05) is 11.8 Å². The molecule has 2 fully saturated rings. The number of benzene rings is 1. The second-order valence-electron chi connectivity index (χ2n) is 6.60. The maximum atomic E-state index is 12.2. The van der Waals surface area contributed by atoms with E-state index in [9.17, 15) is 4.79 Å². The molecule has 4 rings (SSSR count). The maximum Gasteiger partial charge on any atom is 0.224 e. The monoisotopic (exact) mass is 280 g/mol. The van der Waals surface area contributed by atoms with Gasteiger partial charge in [-0.3, -0.25) is 9.78 Å². The van der Waals surface area contributed by atoms with E-state index in [-0.39, 0.29) is 5.91 Å². The molecule has 1 aromatic heterocycles. The minimum absolute atomic E-state index is 0.143. The Morgan fingerprint density at radius 1 is 1.24 bits per heavy atom. The standard InChI is InChI=1S/C18H20N2O/c21-18(10-15-8-12-5-6-13(15)7-12)20-16-9-14-3-1-2-4-17(14)19-11-16/h1-4,9,11-13,15H,5-8,10H2,(H,20,21)/t12-,13-,15-/m0/s1. The summed E-state index contributed by atoms with van der Waals surface area (Å²) in [5, 5.41) is 4.08. The molecule has 2 saturated carbocycles. The van der Waals surface area contributed by atoms with Gasteiger partial charge in [-0.05, 0) is 49.1 Å². The van der Waals surface area contributed by atoms with Gasteiger partial charge in [-0.2, -0.15) is 0 Å². The van der Waals surface area contributed by atoms with Gasteiger partial charge < -0.3 is 5.32 Å². The normalized spacial score (nSPS) is 27.1. The van der Waals surface area contributed by atoms with Gasteiger partial charge >= 0.3 is 0 Å². The summed E-state index contributed by atoms with van der Waals surface area (Å²) in [6.07, 6.45) is 7.76. The number of anilines is 1. The van der Waals surface area contributed by atoms with Gasteiger partial charge in [-0.1, -0.05) is 24.6 Å². The van der Waals surface area contributed by atoms with Gasteiger partial charge in [-0.15, -0.1) is 0 Å². The van der Waals surface area contributed by atoms with Crippen molar-refractivity contribution in [3.8, 4) is 0 Å². The fraction of sp³-hybridized carbons (Fsp3) is 0.444. The molecule has 108 valence electrons. The largest absolute Gasteiger partial charge is 0.325 e. The summed E-state index contributed by atoms with van der Waals surface area (Å²) in [6.45, 7) is 0. The first kappa shape index (κ1) is 12.8. The molecule has 0 aliphatic heterocycles. The fourth-order valence-electron chi connectivity index (χ4n) is 4.22. The summed E-state index contributed by atoms with van der Waals surface area (Å²) in [6, 6.07) is 9.97. The molecule has 2 aromatic rings. The van der Waals surface area contributed by atoms with Crippen LogP contribution in [0.25, 0.3) is 10.9 Å². The topological polar surface area (TPSA) is 42.0 Å². The van der Waals surface area contributed by atoms with E-state index >= 15 is 0 Å². The van der Waals surface area contributed by atoms with Gasteiger partial charge in [0.05, 0.1) is 17.4 Å². The molecule has 3 heteroatoms. The van der Waals surface area contributed by atoms with Crippen LogP contribution in [0.4, 0.5) is 5.69 Å². The molecule has 3 atom stereocenters. The minimum atomic E-state index is 0.143. The van der Waals surface area contributed by atoms with Crippen LogP contribution < -0.4 is 5.32 Å². The molecule has 3 nitrogen and oxygen atoms in total. The number of nitrogens with zero attached hydrogens (tertiary/aromatic N) is 1. The van der Waals surface area contributed by atoms with Crippen molar-refractivity contribution >= 4 is 22.5 Å². The van der Waals surface area contributed by atoms with Crippen LogP contribution in [0, 0.1) is 17.8 Å². The molecule has 0 spiro atoms. The van der Waals surface area contributed by atoms with Gasteiger partial charge in [-0.25, -0.2) is 0 Å². The zero-order chi connectivity index (χ0) is 14.2. The van der Waals surface area contributed by atoms with E-state index < -0.39 is 0 Å². The number of aromatic nitrogens is 1. The Hall–Kier alpha value is -1.90. The molecule has 21 heavy (non-hydrogen) atoms. The Balaban J connectivity index is 1.43. The number of pyridine rings is 1. The number of hydrogen-bond acceptors (Lipinski definition) is 2. The Kier molecular flexibility index (Phi) is 3.13. The highest BCUT2D eigenvalue weighted by atomic mass is 16.1. The summed E-state index contributed by atoms with van der Waals surface area (Å²) in [5.74, 6) is 2.45. The Bertz CT molecular complexity index is 682.